The maximum absolute atomic E-state index is 13.6. The lowest BCUT2D eigenvalue weighted by Gasteiger charge is -2.46. The molecule has 1 saturated heterocycles. The molecule has 11 nitrogen and oxygen atoms in total. The summed E-state index contributed by atoms with van der Waals surface area (Å²) >= 11 is 7.82. The van der Waals surface area contributed by atoms with Crippen LogP contribution in [-0.4, -0.2) is 86.2 Å². The van der Waals surface area contributed by atoms with Crippen LogP contribution < -0.4 is 14.9 Å². The van der Waals surface area contributed by atoms with Crippen LogP contribution in [0.1, 0.15) is 40.7 Å². The first-order valence-corrected chi connectivity index (χ1v) is 23.6. The number of amides is 1. The fourth-order valence-corrected chi connectivity index (χ4v) is 10.6. The van der Waals surface area contributed by atoms with Crippen LogP contribution in [0, 0.1) is 10.1 Å². The minimum absolute atomic E-state index is 0.136. The van der Waals surface area contributed by atoms with E-state index in [1.54, 1.807) is 23.9 Å². The molecule has 61 heavy (non-hydrogen) atoms. The van der Waals surface area contributed by atoms with E-state index in [4.69, 9.17) is 11.6 Å². The number of nitrogens with zero attached hydrogens (tertiary/aromatic N) is 4. The lowest BCUT2D eigenvalue weighted by molar-refractivity contribution is -0.384. The molecule has 0 unspecified atom stereocenters. The van der Waals surface area contributed by atoms with Crippen LogP contribution in [0.5, 0.6) is 0 Å². The zero-order valence-corrected chi connectivity index (χ0v) is 36.2. The van der Waals surface area contributed by atoms with Gasteiger partial charge in [0.05, 0.1) is 9.82 Å². The van der Waals surface area contributed by atoms with Crippen LogP contribution in [0.15, 0.2) is 137 Å². The van der Waals surface area contributed by atoms with E-state index in [-0.39, 0.29) is 27.9 Å². The smallest absolute Gasteiger partial charge is 0.293 e. The topological polar surface area (TPSA) is 128 Å². The largest absolute Gasteiger partial charge is 0.376 e. The molecule has 3 aliphatic heterocycles. The fourth-order valence-electron chi connectivity index (χ4n) is 8.52. The lowest BCUT2D eigenvalue weighted by Crippen LogP contribution is -2.54. The van der Waals surface area contributed by atoms with Gasteiger partial charge < -0.3 is 10.2 Å². The average Bonchev–Trinajstić information content (AvgIpc) is 3.28. The molecule has 1 amide bonds. The number of fused-ring (bicyclic) bond motifs is 3. The Morgan fingerprint density at radius 1 is 0.902 bits per heavy atom. The molecule has 14 heteroatoms. The van der Waals surface area contributed by atoms with E-state index in [1.807, 2.05) is 48.5 Å². The van der Waals surface area contributed by atoms with Gasteiger partial charge in [-0.05, 0) is 103 Å². The molecule has 3 aliphatic rings. The van der Waals surface area contributed by atoms with Gasteiger partial charge in [0, 0.05) is 90.9 Å². The van der Waals surface area contributed by atoms with Crippen molar-refractivity contribution < 1.29 is 18.1 Å². The Balaban J connectivity index is 0.915. The van der Waals surface area contributed by atoms with Gasteiger partial charge in [-0.3, -0.25) is 24.7 Å². The van der Waals surface area contributed by atoms with E-state index >= 15 is 0 Å². The molecule has 3 heterocycles. The normalized spacial score (nSPS) is 17.3. The molecule has 0 saturated carbocycles. The Bertz CT molecular complexity index is 2510. The lowest BCUT2D eigenvalue weighted by atomic mass is 9.92. The number of thioether (sulfide) groups is 1. The van der Waals surface area contributed by atoms with Gasteiger partial charge in [-0.15, -0.1) is 11.8 Å². The van der Waals surface area contributed by atoms with Gasteiger partial charge in [0.15, 0.2) is 0 Å². The Hall–Kier alpha value is -5.18. The average molecular weight is 878 g/mol. The van der Waals surface area contributed by atoms with Crippen molar-refractivity contribution in [3.05, 3.63) is 159 Å². The highest BCUT2D eigenvalue weighted by Crippen LogP contribution is 2.35. The molecule has 0 aromatic heterocycles. The molecule has 0 aliphatic carbocycles. The molecular weight excluding hydrogens is 828 g/mol. The third-order valence-electron chi connectivity index (χ3n) is 11.7. The third kappa shape index (κ3) is 10.5. The summed E-state index contributed by atoms with van der Waals surface area (Å²) in [6, 6.07) is 35.7. The van der Waals surface area contributed by atoms with E-state index in [0.717, 1.165) is 99.3 Å². The Labute approximate surface area is 367 Å². The Morgan fingerprint density at radius 3 is 2.49 bits per heavy atom. The van der Waals surface area contributed by atoms with E-state index in [9.17, 15) is 23.3 Å². The quantitative estimate of drug-likeness (QED) is 0.0456. The summed E-state index contributed by atoms with van der Waals surface area (Å²) in [7, 11) is -4.45. The van der Waals surface area contributed by atoms with Crippen molar-refractivity contribution in [3.8, 4) is 11.1 Å². The number of nitro benzene ring substituents is 1. The first-order chi connectivity index (χ1) is 29.6. The predicted octanol–water partition coefficient (Wildman–Crippen LogP) is 8.90. The SMILES string of the molecule is O=C(NS(=O)(=O)c1ccc(N[C@H](CCN2CC=CCC2)CSc2ccccc2)c([N+](=O)[O-])c1)c1ccc2c(c1)CC[C@@H]1CN(Cc3ccccc3-c3ccc(Cl)cc3)CCN21. The Morgan fingerprint density at radius 2 is 1.70 bits per heavy atom. The highest BCUT2D eigenvalue weighted by molar-refractivity contribution is 7.99. The molecular formula is C47H49ClN6O5S2. The van der Waals surface area contributed by atoms with E-state index in [2.05, 4.69) is 73.3 Å². The van der Waals surface area contributed by atoms with E-state index in [0.29, 0.717) is 16.8 Å². The minimum Gasteiger partial charge on any atom is -0.376 e. The van der Waals surface area contributed by atoms with Gasteiger partial charge >= 0.3 is 0 Å². The number of halogens is 1. The molecule has 0 radical (unpaired) electrons. The second-order valence-corrected chi connectivity index (χ2v) is 19.0. The third-order valence-corrected chi connectivity index (χ3v) is 14.5. The first kappa shape index (κ1) is 42.5. The summed E-state index contributed by atoms with van der Waals surface area (Å²) in [5.74, 6) is -0.135. The van der Waals surface area contributed by atoms with Gasteiger partial charge in [-0.25, -0.2) is 13.1 Å². The number of aryl methyl sites for hydroxylation is 1. The number of hydrogen-bond acceptors (Lipinski definition) is 10. The number of benzene rings is 5. The van der Waals surface area contributed by atoms with Crippen LogP contribution in [0.3, 0.4) is 0 Å². The van der Waals surface area contributed by atoms with Crippen molar-refractivity contribution in [2.45, 2.75) is 54.1 Å². The van der Waals surface area contributed by atoms with Gasteiger partial charge in [0.1, 0.15) is 5.69 Å². The van der Waals surface area contributed by atoms with Crippen LogP contribution in [0.2, 0.25) is 5.02 Å². The fraction of sp³-hybridized carbons (Fsp3) is 0.298. The molecule has 0 spiro atoms. The summed E-state index contributed by atoms with van der Waals surface area (Å²) in [6.07, 6.45) is 7.71. The molecule has 2 N–H and O–H groups in total. The number of nitrogens with one attached hydrogen (secondary N) is 2. The second-order valence-electron chi connectivity index (χ2n) is 15.8. The maximum Gasteiger partial charge on any atom is 0.293 e. The van der Waals surface area contributed by atoms with Gasteiger partial charge in [-0.1, -0.05) is 78.4 Å². The van der Waals surface area contributed by atoms with Crippen molar-refractivity contribution in [1.82, 2.24) is 14.5 Å². The highest BCUT2D eigenvalue weighted by Gasteiger charge is 2.33. The predicted molar refractivity (Wildman–Crippen MR) is 245 cm³/mol. The zero-order valence-electron chi connectivity index (χ0n) is 33.8. The number of anilines is 2. The molecule has 0 bridgehead atoms. The number of sulfonamides is 1. The number of rotatable bonds is 15. The molecule has 2 atom stereocenters. The maximum atomic E-state index is 13.6. The van der Waals surface area contributed by atoms with E-state index < -0.39 is 20.9 Å². The second kappa shape index (κ2) is 19.3. The van der Waals surface area contributed by atoms with Crippen LogP contribution in [0.4, 0.5) is 17.1 Å². The number of hydrogen-bond donors (Lipinski definition) is 2. The van der Waals surface area contributed by atoms with Crippen molar-refractivity contribution in [3.63, 3.8) is 0 Å². The van der Waals surface area contributed by atoms with Crippen LogP contribution in [-0.2, 0) is 23.0 Å². The summed E-state index contributed by atoms with van der Waals surface area (Å²) in [4.78, 5) is 33.3. The zero-order chi connectivity index (χ0) is 42.3. The van der Waals surface area contributed by atoms with Crippen molar-refractivity contribution >= 4 is 56.4 Å². The summed E-state index contributed by atoms with van der Waals surface area (Å²) in [6.45, 7) is 6.06. The number of carbonyl (C=O) groups is 1. The Kier molecular flexibility index (Phi) is 13.4. The van der Waals surface area contributed by atoms with Crippen LogP contribution >= 0.6 is 23.4 Å². The number of carbonyl (C=O) groups excluding carboxylic acids is 1. The first-order valence-electron chi connectivity index (χ1n) is 20.7. The summed E-state index contributed by atoms with van der Waals surface area (Å²) < 4.78 is 29.4. The highest BCUT2D eigenvalue weighted by atomic mass is 35.5. The number of nitro groups is 1. The standard InChI is InChI=1S/C47H49ClN6O5S2/c48-38-17-13-34(14-18-38)43-12-6-5-9-37(43)31-52-27-28-53-40(32-52)19-15-35-29-36(16-22-45(35)53)47(55)50-61(58,59)42-20-21-44(46(30-42)54(56)57)49-39(23-26-51-24-7-2-8-25-51)33-60-41-10-3-1-4-11-41/h1-7,9-14,16-18,20-22,29-30,39-40,49H,8,15,19,23-28,31-33H2,(H,50,55)/t39-,40-/m1/s1. The number of piperazine rings is 1. The van der Waals surface area contributed by atoms with Crippen LogP contribution in [0.25, 0.3) is 11.1 Å². The van der Waals surface area contributed by atoms with Gasteiger partial charge in [0.25, 0.3) is 21.6 Å². The van der Waals surface area contributed by atoms with Crippen molar-refractivity contribution in [2.75, 3.05) is 55.2 Å². The molecule has 316 valence electrons. The monoisotopic (exact) mass is 876 g/mol. The molecule has 1 fully saturated rings. The van der Waals surface area contributed by atoms with Gasteiger partial charge in [-0.2, -0.15) is 0 Å². The van der Waals surface area contributed by atoms with Gasteiger partial charge in [0.2, 0.25) is 0 Å². The van der Waals surface area contributed by atoms with Crippen molar-refractivity contribution in [2.24, 2.45) is 0 Å². The summed E-state index contributed by atoms with van der Waals surface area (Å²) in [5, 5.41) is 16.4. The van der Waals surface area contributed by atoms with E-state index in [1.165, 1.54) is 23.3 Å². The van der Waals surface area contributed by atoms with Crippen molar-refractivity contribution in [1.29, 1.82) is 0 Å². The minimum atomic E-state index is -4.45. The summed E-state index contributed by atoms with van der Waals surface area (Å²) in [5.41, 5.74) is 5.72. The molecule has 5 aromatic carbocycles. The molecule has 5 aromatic rings. The molecule has 8 rings (SSSR count).